The molecule has 1 rings (SSSR count). The lowest BCUT2D eigenvalue weighted by Crippen LogP contribution is -2.58. The predicted molar refractivity (Wildman–Crippen MR) is 125 cm³/mol. The highest BCUT2D eigenvalue weighted by atomic mass is 32.2. The van der Waals surface area contributed by atoms with E-state index in [0.717, 1.165) is 0 Å². The third kappa shape index (κ3) is 9.09. The van der Waals surface area contributed by atoms with Gasteiger partial charge in [0.05, 0.1) is 12.4 Å². The molecule has 0 aromatic carbocycles. The molecular weight excluding hydrogens is 456 g/mol. The van der Waals surface area contributed by atoms with Crippen LogP contribution >= 0.6 is 24.4 Å². The highest BCUT2D eigenvalue weighted by molar-refractivity contribution is 7.98. The molecule has 0 saturated heterocycles. The van der Waals surface area contributed by atoms with Gasteiger partial charge in [0.2, 0.25) is 17.7 Å². The zero-order valence-electron chi connectivity index (χ0n) is 18.3. The molecular formula is C19H32N6O5S2. The van der Waals surface area contributed by atoms with E-state index in [9.17, 15) is 19.2 Å². The van der Waals surface area contributed by atoms with E-state index < -0.39 is 47.9 Å². The maximum atomic E-state index is 12.9. The molecule has 0 aliphatic rings. The first-order valence-electron chi connectivity index (χ1n) is 10.1. The fourth-order valence-corrected chi connectivity index (χ4v) is 3.46. The number of carbonyl (C=O) groups excluding carboxylic acids is 3. The highest BCUT2D eigenvalue weighted by Gasteiger charge is 2.31. The van der Waals surface area contributed by atoms with Gasteiger partial charge in [-0.15, -0.1) is 0 Å². The number of nitrogens with zero attached hydrogens (tertiary/aromatic N) is 1. The molecule has 0 aliphatic carbocycles. The monoisotopic (exact) mass is 488 g/mol. The minimum atomic E-state index is -1.22. The van der Waals surface area contributed by atoms with E-state index in [4.69, 9.17) is 10.8 Å². The first-order chi connectivity index (χ1) is 15.1. The van der Waals surface area contributed by atoms with E-state index in [0.29, 0.717) is 17.9 Å². The van der Waals surface area contributed by atoms with Gasteiger partial charge in [0, 0.05) is 24.1 Å². The minimum Gasteiger partial charge on any atom is -0.480 e. The molecule has 0 aliphatic heterocycles. The second-order valence-electron chi connectivity index (χ2n) is 7.54. The first kappa shape index (κ1) is 27.8. The number of aromatic amines is 1. The number of carboxylic acids is 1. The van der Waals surface area contributed by atoms with Gasteiger partial charge in [-0.05, 0) is 24.3 Å². The lowest BCUT2D eigenvalue weighted by molar-refractivity contribution is -0.142. The molecule has 0 saturated carbocycles. The second-order valence-corrected chi connectivity index (χ2v) is 8.89. The molecule has 4 atom stereocenters. The summed E-state index contributed by atoms with van der Waals surface area (Å²) in [4.78, 5) is 56.0. The molecule has 0 radical (unpaired) electrons. The van der Waals surface area contributed by atoms with Crippen LogP contribution in [0.3, 0.4) is 0 Å². The molecule has 3 amide bonds. The van der Waals surface area contributed by atoms with Crippen molar-refractivity contribution in [3.63, 3.8) is 0 Å². The van der Waals surface area contributed by atoms with Gasteiger partial charge in [-0.3, -0.25) is 14.4 Å². The van der Waals surface area contributed by atoms with Crippen LogP contribution in [0.5, 0.6) is 0 Å². The van der Waals surface area contributed by atoms with Crippen molar-refractivity contribution in [1.82, 2.24) is 25.9 Å². The van der Waals surface area contributed by atoms with Crippen LogP contribution in [0.1, 0.15) is 26.0 Å². The summed E-state index contributed by atoms with van der Waals surface area (Å²) in [6.07, 6.45) is 5.46. The molecule has 180 valence electrons. The maximum Gasteiger partial charge on any atom is 0.327 e. The normalized spacial score (nSPS) is 14.8. The summed E-state index contributed by atoms with van der Waals surface area (Å²) >= 11 is 5.43. The number of nitrogens with one attached hydrogen (secondary N) is 4. The molecule has 4 unspecified atom stereocenters. The predicted octanol–water partition coefficient (Wildman–Crippen LogP) is -0.843. The topological polar surface area (TPSA) is 179 Å². The molecule has 32 heavy (non-hydrogen) atoms. The van der Waals surface area contributed by atoms with E-state index >= 15 is 0 Å². The van der Waals surface area contributed by atoms with Gasteiger partial charge in [0.1, 0.15) is 18.1 Å². The van der Waals surface area contributed by atoms with Crippen LogP contribution in [0.25, 0.3) is 0 Å². The van der Waals surface area contributed by atoms with Crippen molar-refractivity contribution in [3.8, 4) is 0 Å². The second kappa shape index (κ2) is 14.0. The van der Waals surface area contributed by atoms with Crippen LogP contribution in [-0.4, -0.2) is 80.7 Å². The SMILES string of the molecule is CSCCC(NC(=O)C(N)Cc1cnc[nH]1)C(=O)NC(C(=O)NC(CS)C(=O)O)C(C)C. The van der Waals surface area contributed by atoms with Crippen molar-refractivity contribution < 1.29 is 24.3 Å². The summed E-state index contributed by atoms with van der Waals surface area (Å²) in [6.45, 7) is 3.44. The summed E-state index contributed by atoms with van der Waals surface area (Å²) in [7, 11) is 0. The van der Waals surface area contributed by atoms with Gasteiger partial charge in [-0.1, -0.05) is 13.8 Å². The van der Waals surface area contributed by atoms with E-state index in [1.807, 2.05) is 6.26 Å². The molecule has 0 fully saturated rings. The number of aromatic nitrogens is 2. The Bertz CT molecular complexity index is 761. The molecule has 7 N–H and O–H groups in total. The van der Waals surface area contributed by atoms with Crippen molar-refractivity contribution in [1.29, 1.82) is 0 Å². The van der Waals surface area contributed by atoms with Crippen LogP contribution in [0.15, 0.2) is 12.5 Å². The molecule has 1 aromatic heterocycles. The number of hydrogen-bond donors (Lipinski definition) is 7. The fraction of sp³-hybridized carbons (Fsp3) is 0.632. The van der Waals surface area contributed by atoms with Crippen LogP contribution < -0.4 is 21.7 Å². The Morgan fingerprint density at radius 2 is 1.81 bits per heavy atom. The van der Waals surface area contributed by atoms with Crippen molar-refractivity contribution >= 4 is 48.1 Å². The minimum absolute atomic E-state index is 0.0968. The Morgan fingerprint density at radius 3 is 2.31 bits per heavy atom. The average molecular weight is 489 g/mol. The molecule has 0 spiro atoms. The summed E-state index contributed by atoms with van der Waals surface area (Å²) in [5.74, 6) is -2.75. The highest BCUT2D eigenvalue weighted by Crippen LogP contribution is 2.07. The number of hydrogen-bond acceptors (Lipinski definition) is 8. The number of H-pyrrole nitrogens is 1. The van der Waals surface area contributed by atoms with Gasteiger partial charge in [0.25, 0.3) is 0 Å². The number of thiol groups is 1. The molecule has 1 aromatic rings. The number of aliphatic carboxylic acids is 1. The van der Waals surface area contributed by atoms with Gasteiger partial charge >= 0.3 is 5.97 Å². The Hall–Kier alpha value is -2.25. The number of carboxylic acid groups (broad SMARTS) is 1. The average Bonchev–Trinajstić information content (AvgIpc) is 3.24. The number of thioether (sulfide) groups is 1. The lowest BCUT2D eigenvalue weighted by Gasteiger charge is -2.26. The van der Waals surface area contributed by atoms with Crippen LogP contribution in [0.2, 0.25) is 0 Å². The van der Waals surface area contributed by atoms with Crippen LogP contribution in [-0.2, 0) is 25.6 Å². The Labute approximate surface area is 196 Å². The number of carbonyl (C=O) groups is 4. The van der Waals surface area contributed by atoms with Crippen molar-refractivity contribution in [2.75, 3.05) is 17.8 Å². The van der Waals surface area contributed by atoms with Crippen molar-refractivity contribution in [3.05, 3.63) is 18.2 Å². The molecule has 11 nitrogen and oxygen atoms in total. The third-order valence-electron chi connectivity index (χ3n) is 4.62. The van der Waals surface area contributed by atoms with Gasteiger partial charge in [-0.25, -0.2) is 9.78 Å². The zero-order chi connectivity index (χ0) is 24.3. The standard InChI is InChI=1S/C19H32N6O5S2/c1-10(2)15(18(28)24-14(8-31)19(29)30)25-17(27)13(4-5-32-3)23-16(26)12(20)6-11-7-21-9-22-11/h7,9-10,12-15,31H,4-6,8,20H2,1-3H3,(H,21,22)(H,23,26)(H,24,28)(H,25,27)(H,29,30). The Kier molecular flexibility index (Phi) is 12.2. The largest absolute Gasteiger partial charge is 0.480 e. The molecule has 0 bridgehead atoms. The summed E-state index contributed by atoms with van der Waals surface area (Å²) < 4.78 is 0. The lowest BCUT2D eigenvalue weighted by atomic mass is 10.0. The summed E-state index contributed by atoms with van der Waals surface area (Å²) in [5, 5.41) is 16.8. The fourth-order valence-electron chi connectivity index (χ4n) is 2.75. The van der Waals surface area contributed by atoms with E-state index in [2.05, 4.69) is 38.5 Å². The van der Waals surface area contributed by atoms with E-state index in [1.54, 1.807) is 20.0 Å². The quantitative estimate of drug-likeness (QED) is 0.166. The number of amides is 3. The van der Waals surface area contributed by atoms with Crippen LogP contribution in [0.4, 0.5) is 0 Å². The zero-order valence-corrected chi connectivity index (χ0v) is 20.0. The third-order valence-corrected chi connectivity index (χ3v) is 5.63. The van der Waals surface area contributed by atoms with Crippen molar-refractivity contribution in [2.24, 2.45) is 11.7 Å². The summed E-state index contributed by atoms with van der Waals surface area (Å²) in [5.41, 5.74) is 6.64. The number of nitrogens with two attached hydrogens (primary N) is 1. The number of imidazole rings is 1. The molecule has 13 heteroatoms. The molecule has 1 heterocycles. The Morgan fingerprint density at radius 1 is 1.16 bits per heavy atom. The smallest absolute Gasteiger partial charge is 0.327 e. The Balaban J connectivity index is 2.85. The van der Waals surface area contributed by atoms with E-state index in [1.165, 1.54) is 18.1 Å². The van der Waals surface area contributed by atoms with Gasteiger partial charge < -0.3 is 31.8 Å². The van der Waals surface area contributed by atoms with Crippen molar-refractivity contribution in [2.45, 2.75) is 50.9 Å². The summed E-state index contributed by atoms with van der Waals surface area (Å²) in [6, 6.07) is -3.97. The van der Waals surface area contributed by atoms with Gasteiger partial charge in [0.15, 0.2) is 0 Å². The number of rotatable bonds is 14. The van der Waals surface area contributed by atoms with Crippen LogP contribution in [0, 0.1) is 5.92 Å². The maximum absolute atomic E-state index is 12.9. The first-order valence-corrected chi connectivity index (χ1v) is 12.1. The van der Waals surface area contributed by atoms with E-state index in [-0.39, 0.29) is 18.1 Å². The van der Waals surface area contributed by atoms with Gasteiger partial charge in [-0.2, -0.15) is 24.4 Å².